The highest BCUT2D eigenvalue weighted by Gasteiger charge is 2.84. The van der Waals surface area contributed by atoms with Gasteiger partial charge in [0.15, 0.2) is 0 Å². The van der Waals surface area contributed by atoms with Crippen LogP contribution in [-0.4, -0.2) is 49.5 Å². The summed E-state index contributed by atoms with van der Waals surface area (Å²) in [6.07, 6.45) is -1.28. The van der Waals surface area contributed by atoms with Crippen molar-refractivity contribution in [2.75, 3.05) is 12.3 Å². The van der Waals surface area contributed by atoms with E-state index in [1.165, 1.54) is 12.3 Å². The van der Waals surface area contributed by atoms with Crippen molar-refractivity contribution in [1.29, 1.82) is 0 Å². The van der Waals surface area contributed by atoms with Gasteiger partial charge in [-0.1, -0.05) is 0 Å². The number of rotatable bonds is 2. The van der Waals surface area contributed by atoms with Crippen molar-refractivity contribution in [3.05, 3.63) is 22.7 Å². The van der Waals surface area contributed by atoms with Gasteiger partial charge in [-0.05, 0) is 6.07 Å². The van der Waals surface area contributed by atoms with Gasteiger partial charge in [-0.3, -0.25) is 4.74 Å². The number of ether oxygens (including phenoxy) is 2. The lowest BCUT2D eigenvalue weighted by atomic mass is 10.1. The second-order valence-electron chi connectivity index (χ2n) is 4.17. The van der Waals surface area contributed by atoms with Crippen molar-refractivity contribution in [1.82, 2.24) is 9.55 Å². The maximum Gasteiger partial charge on any atom is 0.353 e. The van der Waals surface area contributed by atoms with E-state index in [0.717, 1.165) is 4.57 Å². The molecule has 0 spiro atoms. The van der Waals surface area contributed by atoms with Crippen molar-refractivity contribution < 1.29 is 24.8 Å². The number of fused-ring (bicyclic) bond motifs is 1. The van der Waals surface area contributed by atoms with Crippen molar-refractivity contribution in [2.24, 2.45) is 0 Å². The number of aliphatic hydroxyl groups excluding tert-OH is 2. The second-order valence-corrected chi connectivity index (χ2v) is 4.17. The van der Waals surface area contributed by atoms with E-state index in [1.54, 1.807) is 0 Å². The average Bonchev–Trinajstić information content (AvgIpc) is 2.86. The Hall–Kier alpha value is -1.52. The zero-order valence-corrected chi connectivity index (χ0v) is 9.05. The lowest BCUT2D eigenvalue weighted by Crippen LogP contribution is -2.39. The van der Waals surface area contributed by atoms with Gasteiger partial charge in [0, 0.05) is 6.20 Å². The molecule has 0 aliphatic carbocycles. The average molecular weight is 257 g/mol. The highest BCUT2D eigenvalue weighted by atomic mass is 16.9. The SMILES string of the molecule is Nc1ccn([C@]23O[C@H](CO)[C@@H](O)[C@]2(O)O3)c(=O)n1. The summed E-state index contributed by atoms with van der Waals surface area (Å²) in [5.74, 6) is -3.91. The molecule has 3 rings (SSSR count). The number of nitrogens with two attached hydrogens (primary N) is 1. The molecule has 98 valence electrons. The van der Waals surface area contributed by atoms with Crippen LogP contribution in [0.4, 0.5) is 5.82 Å². The summed E-state index contributed by atoms with van der Waals surface area (Å²) in [4.78, 5) is 15.1. The number of anilines is 1. The smallest absolute Gasteiger partial charge is 0.353 e. The Labute approximate surface area is 100 Å². The second kappa shape index (κ2) is 3.28. The van der Waals surface area contributed by atoms with Crippen LogP contribution in [0.3, 0.4) is 0 Å². The van der Waals surface area contributed by atoms with Crippen LogP contribution in [0.2, 0.25) is 0 Å². The molecule has 2 saturated heterocycles. The first-order chi connectivity index (χ1) is 8.44. The summed E-state index contributed by atoms with van der Waals surface area (Å²) < 4.78 is 11.0. The molecule has 0 aromatic carbocycles. The fourth-order valence-corrected chi connectivity index (χ4v) is 2.12. The predicted octanol–water partition coefficient (Wildman–Crippen LogP) is -3.09. The zero-order valence-electron chi connectivity index (χ0n) is 9.05. The Balaban J connectivity index is 2.06. The number of nitrogens with zero attached hydrogens (tertiary/aromatic N) is 2. The normalized spacial score (nSPS) is 41.7. The summed E-state index contributed by atoms with van der Waals surface area (Å²) in [6, 6.07) is 1.32. The zero-order chi connectivity index (χ0) is 13.1. The molecule has 9 heteroatoms. The van der Waals surface area contributed by atoms with E-state index < -0.39 is 36.2 Å². The molecule has 1 aromatic heterocycles. The molecule has 5 N–H and O–H groups in total. The van der Waals surface area contributed by atoms with Crippen LogP contribution in [0.25, 0.3) is 0 Å². The standard InChI is InChI=1S/C9H11N3O6/c10-5-1-2-12(7(15)11-5)9-8(16,18-9)6(14)4(3-13)17-9/h1-2,4,6,13-14,16H,3H2,(H2,10,11,15)/t4-,6-,8+,9+/m1/s1. The van der Waals surface area contributed by atoms with Crippen LogP contribution in [0.1, 0.15) is 0 Å². The third kappa shape index (κ3) is 1.17. The van der Waals surface area contributed by atoms with E-state index in [4.69, 9.17) is 20.3 Å². The monoisotopic (exact) mass is 257 g/mol. The summed E-state index contributed by atoms with van der Waals surface area (Å²) in [5.41, 5.74) is 4.54. The Morgan fingerprint density at radius 3 is 2.89 bits per heavy atom. The maximum absolute atomic E-state index is 11.7. The van der Waals surface area contributed by atoms with Gasteiger partial charge in [0.25, 0.3) is 5.79 Å². The van der Waals surface area contributed by atoms with Gasteiger partial charge in [0.1, 0.15) is 18.0 Å². The molecule has 0 saturated carbocycles. The van der Waals surface area contributed by atoms with E-state index in [2.05, 4.69) is 4.98 Å². The first kappa shape index (κ1) is 11.6. The molecule has 4 atom stereocenters. The number of aliphatic hydroxyl groups is 3. The summed E-state index contributed by atoms with van der Waals surface area (Å²) in [6.45, 7) is -0.522. The van der Waals surface area contributed by atoms with Crippen LogP contribution in [0, 0.1) is 0 Å². The minimum Gasteiger partial charge on any atom is -0.394 e. The van der Waals surface area contributed by atoms with E-state index >= 15 is 0 Å². The number of nitrogen functional groups attached to an aromatic ring is 1. The third-order valence-corrected chi connectivity index (χ3v) is 3.09. The first-order valence-corrected chi connectivity index (χ1v) is 5.19. The topological polar surface area (TPSA) is 143 Å². The van der Waals surface area contributed by atoms with Crippen LogP contribution >= 0.6 is 0 Å². The van der Waals surface area contributed by atoms with Crippen molar-refractivity contribution in [3.8, 4) is 0 Å². The molecule has 0 amide bonds. The van der Waals surface area contributed by atoms with Crippen molar-refractivity contribution in [2.45, 2.75) is 23.9 Å². The minimum atomic E-state index is -2.07. The van der Waals surface area contributed by atoms with E-state index in [1.807, 2.05) is 0 Å². The van der Waals surface area contributed by atoms with Crippen molar-refractivity contribution in [3.63, 3.8) is 0 Å². The van der Waals surface area contributed by atoms with E-state index in [-0.39, 0.29) is 5.82 Å². The largest absolute Gasteiger partial charge is 0.394 e. The van der Waals surface area contributed by atoms with E-state index in [9.17, 15) is 15.0 Å². The molecule has 18 heavy (non-hydrogen) atoms. The highest BCUT2D eigenvalue weighted by molar-refractivity contribution is 5.25. The van der Waals surface area contributed by atoms with Gasteiger partial charge >= 0.3 is 11.6 Å². The number of aromatic nitrogens is 2. The Kier molecular flexibility index (Phi) is 2.10. The number of epoxide rings is 1. The lowest BCUT2D eigenvalue weighted by molar-refractivity contribution is -0.179. The van der Waals surface area contributed by atoms with Crippen LogP contribution < -0.4 is 11.4 Å². The van der Waals surface area contributed by atoms with Crippen LogP contribution in [0.15, 0.2) is 17.1 Å². The van der Waals surface area contributed by atoms with Crippen LogP contribution in [0.5, 0.6) is 0 Å². The van der Waals surface area contributed by atoms with Gasteiger partial charge in [0.2, 0.25) is 0 Å². The molecule has 3 heterocycles. The summed E-state index contributed by atoms with van der Waals surface area (Å²) in [7, 11) is 0. The fourth-order valence-electron chi connectivity index (χ4n) is 2.12. The predicted molar refractivity (Wildman–Crippen MR) is 54.9 cm³/mol. The lowest BCUT2D eigenvalue weighted by Gasteiger charge is -2.16. The quantitative estimate of drug-likeness (QED) is 0.408. The molecule has 1 aromatic rings. The summed E-state index contributed by atoms with van der Waals surface area (Å²) in [5, 5.41) is 28.7. The van der Waals surface area contributed by atoms with Gasteiger partial charge in [0.05, 0.1) is 6.61 Å². The molecule has 2 fully saturated rings. The number of hydrogen-bond donors (Lipinski definition) is 4. The van der Waals surface area contributed by atoms with Gasteiger partial charge in [-0.25, -0.2) is 9.36 Å². The molecule has 0 unspecified atom stereocenters. The van der Waals surface area contributed by atoms with Crippen molar-refractivity contribution >= 4 is 5.82 Å². The molecule has 0 bridgehead atoms. The summed E-state index contributed by atoms with van der Waals surface area (Å²) >= 11 is 0. The minimum absolute atomic E-state index is 0.00842. The molecular weight excluding hydrogens is 246 g/mol. The van der Waals surface area contributed by atoms with E-state index in [0.29, 0.717) is 0 Å². The highest BCUT2D eigenvalue weighted by Crippen LogP contribution is 2.59. The Morgan fingerprint density at radius 2 is 2.33 bits per heavy atom. The van der Waals surface area contributed by atoms with Crippen LogP contribution in [-0.2, 0) is 15.4 Å². The Morgan fingerprint density at radius 1 is 1.61 bits per heavy atom. The van der Waals surface area contributed by atoms with Gasteiger partial charge in [-0.15, -0.1) is 0 Å². The fraction of sp³-hybridized carbons (Fsp3) is 0.556. The molecular formula is C9H11N3O6. The maximum atomic E-state index is 11.7. The third-order valence-electron chi connectivity index (χ3n) is 3.09. The number of hydrogen-bond acceptors (Lipinski definition) is 8. The Bertz CT molecular complexity index is 561. The first-order valence-electron chi connectivity index (χ1n) is 5.19. The molecule has 9 nitrogen and oxygen atoms in total. The molecule has 0 radical (unpaired) electrons. The van der Waals surface area contributed by atoms with Gasteiger partial charge < -0.3 is 25.8 Å². The van der Waals surface area contributed by atoms with Gasteiger partial charge in [-0.2, -0.15) is 4.98 Å². The molecule has 2 aliphatic rings. The molecule has 2 aliphatic heterocycles.